The van der Waals surface area contributed by atoms with Gasteiger partial charge in [0.1, 0.15) is 11.4 Å². The number of fused-ring (bicyclic) bond motifs is 3. The molecular formula is C37H42O5. The number of Topliss-reactive ketones (excluding diaryl/α,β-unsaturated/α-hetero) is 1. The maximum Gasteiger partial charge on any atom is 0.337 e. The van der Waals surface area contributed by atoms with E-state index in [-0.39, 0.29) is 22.9 Å². The predicted molar refractivity (Wildman–Crippen MR) is 167 cm³/mol. The fraction of sp³-hybridized carbons (Fsp3) is 0.405. The van der Waals surface area contributed by atoms with Crippen LogP contribution in [0.2, 0.25) is 0 Å². The number of carbonyl (C=O) groups excluding carboxylic acids is 2. The molecule has 0 saturated heterocycles. The van der Waals surface area contributed by atoms with Crippen LogP contribution in [0.15, 0.2) is 71.4 Å². The Morgan fingerprint density at radius 2 is 1.67 bits per heavy atom. The van der Waals surface area contributed by atoms with E-state index < -0.39 is 17.0 Å². The number of ketones is 1. The highest BCUT2D eigenvalue weighted by atomic mass is 16.5. The molecule has 0 heterocycles. The summed E-state index contributed by atoms with van der Waals surface area (Å²) in [4.78, 5) is 24.7. The molecular weight excluding hydrogens is 524 g/mol. The summed E-state index contributed by atoms with van der Waals surface area (Å²) in [6, 6.07) is 9.09. The first-order chi connectivity index (χ1) is 19.5. The number of carbonyl (C=O) groups is 2. The number of benzene rings is 2. The molecule has 0 unspecified atom stereocenters. The lowest BCUT2D eigenvalue weighted by molar-refractivity contribution is -0.114. The normalized spacial score (nSPS) is 27.1. The lowest BCUT2D eigenvalue weighted by Crippen LogP contribution is -2.58. The molecule has 5 heteroatoms. The van der Waals surface area contributed by atoms with E-state index in [4.69, 9.17) is 4.74 Å². The van der Waals surface area contributed by atoms with Gasteiger partial charge in [0.25, 0.3) is 0 Å². The summed E-state index contributed by atoms with van der Waals surface area (Å²) in [5.41, 5.74) is 6.82. The summed E-state index contributed by atoms with van der Waals surface area (Å²) >= 11 is 0. The molecule has 2 aromatic carbocycles. The highest BCUT2D eigenvalue weighted by Crippen LogP contribution is 2.67. The van der Waals surface area contributed by atoms with Crippen LogP contribution in [0.3, 0.4) is 0 Å². The summed E-state index contributed by atoms with van der Waals surface area (Å²) in [7, 11) is 1.35. The van der Waals surface area contributed by atoms with Gasteiger partial charge in [-0.2, -0.15) is 0 Å². The molecule has 2 aromatic rings. The standard InChI is InChI=1S/C37H42O5/c1-19(2)27-15-28(25-11-13-26(14-12-25)34(40)42-10)33(39)31-21(4)32-23(6)37(41)22(5)30(24(7)38)20(3)16-36(37,9)18-35(32,8)17-29(27)31/h11-15,19,39,41H,4-5,16-18H2,1-3,6-10H3/t35-,36+,37+/m1/s1. The maximum absolute atomic E-state index is 12.7. The predicted octanol–water partition coefficient (Wildman–Crippen LogP) is 7.87. The van der Waals surface area contributed by atoms with E-state index in [0.717, 1.165) is 33.4 Å². The Morgan fingerprint density at radius 1 is 1.05 bits per heavy atom. The lowest BCUT2D eigenvalue weighted by Gasteiger charge is -2.60. The van der Waals surface area contributed by atoms with Gasteiger partial charge in [-0.1, -0.05) is 58.6 Å². The van der Waals surface area contributed by atoms with Gasteiger partial charge in [0.15, 0.2) is 5.78 Å². The first-order valence-electron chi connectivity index (χ1n) is 14.6. The number of hydrogen-bond acceptors (Lipinski definition) is 5. The molecule has 3 aliphatic carbocycles. The summed E-state index contributed by atoms with van der Waals surface area (Å²) in [6.07, 6.45) is 1.97. The second-order valence-electron chi connectivity index (χ2n) is 13.5. The molecule has 0 aliphatic heterocycles. The zero-order chi connectivity index (χ0) is 31.1. The number of ether oxygens (including phenoxy) is 1. The van der Waals surface area contributed by atoms with E-state index in [0.29, 0.717) is 52.7 Å². The zero-order valence-electron chi connectivity index (χ0n) is 26.1. The van der Waals surface area contributed by atoms with Crippen molar-refractivity contribution in [3.05, 3.63) is 93.6 Å². The average Bonchev–Trinajstić information content (AvgIpc) is 2.90. The number of allylic oxidation sites excluding steroid dienone is 3. The number of phenols is 1. The van der Waals surface area contributed by atoms with Crippen molar-refractivity contribution in [2.45, 2.75) is 79.2 Å². The average molecular weight is 567 g/mol. The molecule has 0 bridgehead atoms. The van der Waals surface area contributed by atoms with Gasteiger partial charge in [-0.05, 0) is 109 Å². The van der Waals surface area contributed by atoms with Crippen molar-refractivity contribution in [2.75, 3.05) is 7.11 Å². The molecule has 5 rings (SSSR count). The minimum absolute atomic E-state index is 0.0889. The van der Waals surface area contributed by atoms with Crippen LogP contribution >= 0.6 is 0 Å². The molecule has 0 amide bonds. The molecule has 3 atom stereocenters. The number of methoxy groups -OCH3 is 1. The third-order valence-electron chi connectivity index (χ3n) is 10.2. The highest BCUT2D eigenvalue weighted by Gasteiger charge is 2.62. The second kappa shape index (κ2) is 9.67. The Bertz CT molecular complexity index is 1650. The van der Waals surface area contributed by atoms with E-state index in [1.165, 1.54) is 14.0 Å². The van der Waals surface area contributed by atoms with Crippen LogP contribution in [0.4, 0.5) is 0 Å². The minimum Gasteiger partial charge on any atom is -0.507 e. The van der Waals surface area contributed by atoms with Crippen LogP contribution in [0.25, 0.3) is 16.7 Å². The van der Waals surface area contributed by atoms with Gasteiger partial charge < -0.3 is 14.9 Å². The molecule has 5 nitrogen and oxygen atoms in total. The van der Waals surface area contributed by atoms with E-state index in [9.17, 15) is 19.8 Å². The van der Waals surface area contributed by atoms with E-state index in [1.807, 2.05) is 26.0 Å². The quantitative estimate of drug-likeness (QED) is 0.368. The SMILES string of the molecule is C=C1C2=C(C)[C@@]3(O)C(=C)C(C(C)=O)=C(C)C[C@@]3(C)C[C@@]2(C)Cc2c(C(C)C)cc(-c3ccc(C(=O)OC)cc3)c(O)c21. The number of phenolic OH excluding ortho intramolecular Hbond substituents is 1. The van der Waals surface area contributed by atoms with E-state index in [2.05, 4.69) is 46.9 Å². The Hall–Kier alpha value is -3.70. The Morgan fingerprint density at radius 3 is 2.21 bits per heavy atom. The molecule has 220 valence electrons. The lowest BCUT2D eigenvalue weighted by atomic mass is 9.45. The van der Waals surface area contributed by atoms with Gasteiger partial charge in [-0.3, -0.25) is 4.79 Å². The van der Waals surface area contributed by atoms with Crippen molar-refractivity contribution in [3.63, 3.8) is 0 Å². The van der Waals surface area contributed by atoms with Gasteiger partial charge in [-0.25, -0.2) is 4.79 Å². The third kappa shape index (κ3) is 3.93. The van der Waals surface area contributed by atoms with Gasteiger partial charge in [-0.15, -0.1) is 0 Å². The van der Waals surface area contributed by atoms with Crippen molar-refractivity contribution < 1.29 is 24.5 Å². The largest absolute Gasteiger partial charge is 0.507 e. The Balaban J connectivity index is 1.75. The van der Waals surface area contributed by atoms with Crippen LogP contribution in [0.1, 0.15) is 94.3 Å². The fourth-order valence-electron chi connectivity index (χ4n) is 8.71. The first kappa shape index (κ1) is 29.8. The number of hydrogen-bond donors (Lipinski definition) is 2. The van der Waals surface area contributed by atoms with Crippen LogP contribution < -0.4 is 0 Å². The summed E-state index contributed by atoms with van der Waals surface area (Å²) in [5.74, 6) is -0.187. The van der Waals surface area contributed by atoms with Crippen molar-refractivity contribution >= 4 is 17.3 Å². The Kier molecular flexibility index (Phi) is 6.86. The van der Waals surface area contributed by atoms with Crippen LogP contribution in [0.5, 0.6) is 5.75 Å². The van der Waals surface area contributed by atoms with Crippen LogP contribution in [-0.4, -0.2) is 34.7 Å². The van der Waals surface area contributed by atoms with E-state index in [1.54, 1.807) is 12.1 Å². The highest BCUT2D eigenvalue weighted by molar-refractivity contribution is 6.00. The third-order valence-corrected chi connectivity index (χ3v) is 10.2. The molecule has 0 aromatic heterocycles. The topological polar surface area (TPSA) is 83.8 Å². The fourth-order valence-corrected chi connectivity index (χ4v) is 8.71. The molecule has 3 aliphatic rings. The second-order valence-corrected chi connectivity index (χ2v) is 13.5. The summed E-state index contributed by atoms with van der Waals surface area (Å²) in [5, 5.41) is 24.5. The maximum atomic E-state index is 12.7. The Labute approximate surface area is 249 Å². The zero-order valence-corrected chi connectivity index (χ0v) is 26.1. The molecule has 0 spiro atoms. The van der Waals surface area contributed by atoms with Gasteiger partial charge in [0.05, 0.1) is 12.7 Å². The smallest absolute Gasteiger partial charge is 0.337 e. The number of rotatable bonds is 4. The molecule has 0 fully saturated rings. The van der Waals surface area contributed by atoms with E-state index >= 15 is 0 Å². The van der Waals surface area contributed by atoms with Crippen LogP contribution in [-0.2, 0) is 16.0 Å². The number of aliphatic hydroxyl groups is 1. The first-order valence-corrected chi connectivity index (χ1v) is 14.6. The van der Waals surface area contributed by atoms with Crippen molar-refractivity contribution in [3.8, 4) is 16.9 Å². The minimum atomic E-state index is -1.42. The van der Waals surface area contributed by atoms with Gasteiger partial charge in [0, 0.05) is 22.1 Å². The number of aromatic hydroxyl groups is 1. The monoisotopic (exact) mass is 566 g/mol. The molecule has 42 heavy (non-hydrogen) atoms. The summed E-state index contributed by atoms with van der Waals surface area (Å²) < 4.78 is 4.85. The summed E-state index contributed by atoms with van der Waals surface area (Å²) in [6.45, 7) is 23.0. The molecule has 0 radical (unpaired) electrons. The van der Waals surface area contributed by atoms with Gasteiger partial charge in [0.2, 0.25) is 0 Å². The number of esters is 1. The molecule has 0 saturated carbocycles. The van der Waals surface area contributed by atoms with Crippen molar-refractivity contribution in [1.29, 1.82) is 0 Å². The molecule has 2 N–H and O–H groups in total. The van der Waals surface area contributed by atoms with Crippen molar-refractivity contribution in [2.24, 2.45) is 10.8 Å². The van der Waals surface area contributed by atoms with Gasteiger partial charge >= 0.3 is 5.97 Å². The van der Waals surface area contributed by atoms with Crippen LogP contribution in [0, 0.1) is 10.8 Å². The van der Waals surface area contributed by atoms with Crippen molar-refractivity contribution in [1.82, 2.24) is 0 Å².